The molecule has 0 bridgehead atoms. The average Bonchev–Trinajstić information content (AvgIpc) is 3.74. The number of hydrogen-bond acceptors (Lipinski definition) is 8. The lowest BCUT2D eigenvalue weighted by Gasteiger charge is -2.25. The molecule has 1 unspecified atom stereocenters. The predicted octanol–water partition coefficient (Wildman–Crippen LogP) is 7.73. The number of rotatable bonds is 12. The summed E-state index contributed by atoms with van der Waals surface area (Å²) < 4.78 is 15.7. The van der Waals surface area contributed by atoms with Crippen molar-refractivity contribution < 1.29 is 14.3 Å². The number of allylic oxidation sites excluding steroid dienone is 1. The third-order valence-corrected chi connectivity index (χ3v) is 10.6. The minimum Gasteiger partial charge on any atom is -0.494 e. The van der Waals surface area contributed by atoms with Crippen LogP contribution in [0.3, 0.4) is 0 Å². The summed E-state index contributed by atoms with van der Waals surface area (Å²) >= 11 is 2.92. The molecule has 0 amide bonds. The maximum atomic E-state index is 14.5. The second-order valence-electron chi connectivity index (χ2n) is 12.4. The maximum Gasteiger partial charge on any atom is 0.338 e. The quantitative estimate of drug-likeness (QED) is 0.0729. The van der Waals surface area contributed by atoms with Gasteiger partial charge in [0.05, 0.1) is 34.1 Å². The fourth-order valence-corrected chi connectivity index (χ4v) is 7.55. The molecule has 3 heterocycles. The molecule has 0 aliphatic carbocycles. The fourth-order valence-electron chi connectivity index (χ4n) is 6.10. The molecule has 0 saturated heterocycles. The second kappa shape index (κ2) is 15.8. The van der Waals surface area contributed by atoms with Crippen molar-refractivity contribution in [3.63, 3.8) is 0 Å². The molecule has 0 saturated carbocycles. The van der Waals surface area contributed by atoms with Crippen LogP contribution < -0.4 is 19.6 Å². The molecule has 4 aromatic carbocycles. The number of nitrogens with zero attached hydrogens (tertiary/aromatic N) is 4. The van der Waals surface area contributed by atoms with E-state index in [-0.39, 0.29) is 12.2 Å². The Morgan fingerprint density at radius 3 is 2.35 bits per heavy atom. The van der Waals surface area contributed by atoms with Gasteiger partial charge in [0, 0.05) is 22.2 Å². The first kappa shape index (κ1) is 35.0. The van der Waals surface area contributed by atoms with Crippen LogP contribution in [0.15, 0.2) is 141 Å². The standard InChI is InChI=1S/C42H38N4O4S2/c1-4-5-24-49-34-20-16-30(17-21-34)38-32(26-45(44-38)33-14-10-7-11-15-33)25-36-40(47)46-39(31-18-22-35(51-3)23-19-31)37(28(2)43-42(46)52-36)41(48)50-27-29-12-8-6-9-13-29/h6-23,25-26,39H,4-5,24,27H2,1-3H3. The number of benzene rings is 4. The zero-order valence-corrected chi connectivity index (χ0v) is 30.8. The van der Waals surface area contributed by atoms with Gasteiger partial charge >= 0.3 is 5.97 Å². The van der Waals surface area contributed by atoms with E-state index in [4.69, 9.17) is 19.6 Å². The lowest BCUT2D eigenvalue weighted by atomic mass is 9.96. The molecular formula is C42H38N4O4S2. The van der Waals surface area contributed by atoms with E-state index < -0.39 is 12.0 Å². The van der Waals surface area contributed by atoms with Crippen molar-refractivity contribution in [2.75, 3.05) is 12.9 Å². The van der Waals surface area contributed by atoms with Crippen molar-refractivity contribution in [3.05, 3.63) is 163 Å². The number of thiazole rings is 1. The van der Waals surface area contributed by atoms with Crippen molar-refractivity contribution in [2.24, 2.45) is 4.99 Å². The highest BCUT2D eigenvalue weighted by molar-refractivity contribution is 7.98. The molecule has 52 heavy (non-hydrogen) atoms. The van der Waals surface area contributed by atoms with Gasteiger partial charge in [-0.3, -0.25) is 9.36 Å². The monoisotopic (exact) mass is 726 g/mol. The topological polar surface area (TPSA) is 87.7 Å². The lowest BCUT2D eigenvalue weighted by molar-refractivity contribution is -0.140. The van der Waals surface area contributed by atoms with Gasteiger partial charge < -0.3 is 9.47 Å². The Morgan fingerprint density at radius 1 is 0.942 bits per heavy atom. The molecule has 262 valence electrons. The number of thioether (sulfide) groups is 1. The van der Waals surface area contributed by atoms with Gasteiger partial charge in [-0.25, -0.2) is 14.5 Å². The second-order valence-corrected chi connectivity index (χ2v) is 14.2. The van der Waals surface area contributed by atoms with Gasteiger partial charge in [-0.15, -0.1) is 11.8 Å². The van der Waals surface area contributed by atoms with Crippen LogP contribution in [0.25, 0.3) is 23.0 Å². The van der Waals surface area contributed by atoms with E-state index in [0.29, 0.717) is 27.2 Å². The number of carbonyl (C=O) groups excluding carboxylic acids is 1. The van der Waals surface area contributed by atoms with E-state index >= 15 is 0 Å². The van der Waals surface area contributed by atoms with Gasteiger partial charge in [-0.1, -0.05) is 85.3 Å². The summed E-state index contributed by atoms with van der Waals surface area (Å²) in [4.78, 5) is 34.8. The molecule has 6 aromatic rings. The van der Waals surface area contributed by atoms with E-state index in [0.717, 1.165) is 57.1 Å². The van der Waals surface area contributed by atoms with Crippen LogP contribution in [0.2, 0.25) is 0 Å². The number of ether oxygens (including phenoxy) is 2. The zero-order chi connectivity index (χ0) is 36.0. The highest BCUT2D eigenvalue weighted by atomic mass is 32.2. The Balaban J connectivity index is 1.32. The first-order valence-corrected chi connectivity index (χ1v) is 19.2. The number of esters is 1. The van der Waals surface area contributed by atoms with E-state index in [2.05, 4.69) is 6.92 Å². The number of para-hydroxylation sites is 1. The van der Waals surface area contributed by atoms with E-state index in [1.165, 1.54) is 11.3 Å². The molecule has 0 spiro atoms. The highest BCUT2D eigenvalue weighted by Gasteiger charge is 2.33. The van der Waals surface area contributed by atoms with Gasteiger partial charge in [0.15, 0.2) is 4.80 Å². The van der Waals surface area contributed by atoms with Crippen molar-refractivity contribution in [1.82, 2.24) is 14.3 Å². The first-order chi connectivity index (χ1) is 25.4. The number of aromatic nitrogens is 3. The van der Waals surface area contributed by atoms with Crippen LogP contribution in [-0.4, -0.2) is 33.2 Å². The Morgan fingerprint density at radius 2 is 1.65 bits per heavy atom. The zero-order valence-electron chi connectivity index (χ0n) is 29.2. The number of hydrogen-bond donors (Lipinski definition) is 0. The van der Waals surface area contributed by atoms with Crippen LogP contribution in [0.4, 0.5) is 0 Å². The smallest absolute Gasteiger partial charge is 0.338 e. The summed E-state index contributed by atoms with van der Waals surface area (Å²) in [7, 11) is 0. The molecule has 1 aliphatic rings. The van der Waals surface area contributed by atoms with E-state index in [1.54, 1.807) is 23.3 Å². The fraction of sp³-hybridized carbons (Fsp3) is 0.190. The molecule has 0 fully saturated rings. The SMILES string of the molecule is CCCCOc1ccc(-c2nn(-c3ccccc3)cc2C=c2sc3n(c2=O)C(c2ccc(SC)cc2)C(C(=O)OCc2ccccc2)=C(C)N=3)cc1. The summed E-state index contributed by atoms with van der Waals surface area (Å²) in [6.07, 6.45) is 7.87. The molecule has 0 N–H and O–H groups in total. The molecule has 2 aromatic heterocycles. The lowest BCUT2D eigenvalue weighted by Crippen LogP contribution is -2.39. The van der Waals surface area contributed by atoms with Crippen LogP contribution in [0.5, 0.6) is 5.75 Å². The van der Waals surface area contributed by atoms with Gasteiger partial charge in [0.2, 0.25) is 0 Å². The predicted molar refractivity (Wildman–Crippen MR) is 208 cm³/mol. The molecule has 8 nitrogen and oxygen atoms in total. The minimum atomic E-state index is -0.718. The number of carbonyl (C=O) groups is 1. The van der Waals surface area contributed by atoms with Crippen molar-refractivity contribution in [3.8, 4) is 22.7 Å². The maximum absolute atomic E-state index is 14.5. The summed E-state index contributed by atoms with van der Waals surface area (Å²) in [6.45, 7) is 4.72. The Bertz CT molecular complexity index is 2400. The molecule has 7 rings (SSSR count). The molecular weight excluding hydrogens is 689 g/mol. The summed E-state index contributed by atoms with van der Waals surface area (Å²) in [5, 5.41) is 4.98. The Labute approximate surface area is 310 Å². The third-order valence-electron chi connectivity index (χ3n) is 8.83. The number of fused-ring (bicyclic) bond motifs is 1. The van der Waals surface area contributed by atoms with Gasteiger partial charge in [-0.2, -0.15) is 5.10 Å². The summed E-state index contributed by atoms with van der Waals surface area (Å²) in [5.74, 6) is 0.292. The van der Waals surface area contributed by atoms with E-state index in [9.17, 15) is 9.59 Å². The molecule has 1 aliphatic heterocycles. The third kappa shape index (κ3) is 7.44. The largest absolute Gasteiger partial charge is 0.494 e. The molecule has 0 radical (unpaired) electrons. The Hall–Kier alpha value is -5.45. The van der Waals surface area contributed by atoms with Crippen LogP contribution >= 0.6 is 23.1 Å². The van der Waals surface area contributed by atoms with Gasteiger partial charge in [-0.05, 0) is 85.3 Å². The van der Waals surface area contributed by atoms with Crippen molar-refractivity contribution >= 4 is 35.1 Å². The highest BCUT2D eigenvalue weighted by Crippen LogP contribution is 2.32. The summed E-state index contributed by atoms with van der Waals surface area (Å²) in [6, 6.07) is 34.5. The van der Waals surface area contributed by atoms with Crippen LogP contribution in [0.1, 0.15) is 49.4 Å². The van der Waals surface area contributed by atoms with Crippen LogP contribution in [-0.2, 0) is 16.1 Å². The number of unbranched alkanes of at least 4 members (excludes halogenated alkanes) is 1. The van der Waals surface area contributed by atoms with Gasteiger partial charge in [0.1, 0.15) is 18.1 Å². The first-order valence-electron chi connectivity index (χ1n) is 17.2. The van der Waals surface area contributed by atoms with Crippen molar-refractivity contribution in [2.45, 2.75) is 44.2 Å². The average molecular weight is 727 g/mol. The minimum absolute atomic E-state index is 0.110. The van der Waals surface area contributed by atoms with E-state index in [1.807, 2.05) is 132 Å². The molecule has 1 atom stereocenters. The normalized spacial score (nSPS) is 14.2. The summed E-state index contributed by atoms with van der Waals surface area (Å²) in [5.41, 5.74) is 5.56. The van der Waals surface area contributed by atoms with Crippen molar-refractivity contribution in [1.29, 1.82) is 0 Å². The van der Waals surface area contributed by atoms with Gasteiger partial charge in [0.25, 0.3) is 5.56 Å². The molecule has 10 heteroatoms. The Kier molecular flexibility index (Phi) is 10.7. The van der Waals surface area contributed by atoms with Crippen LogP contribution in [0, 0.1) is 0 Å².